The Hall–Kier alpha value is -2.11. The van der Waals surface area contributed by atoms with Crippen molar-refractivity contribution in [3.63, 3.8) is 0 Å². The first-order valence-corrected chi connectivity index (χ1v) is 9.40. The number of pyridine rings is 1. The molecular formula is C21H25F3N2O. The van der Waals surface area contributed by atoms with Crippen molar-refractivity contribution in [3.05, 3.63) is 41.6 Å². The second-order valence-corrected chi connectivity index (χ2v) is 8.03. The van der Waals surface area contributed by atoms with Crippen molar-refractivity contribution in [1.82, 2.24) is 10.3 Å². The number of benzene rings is 1. The molecule has 146 valence electrons. The SMILES string of the molecule is Cc1cccc2cc(C(=O)NC(C)(CC3CCCC3)CC(F)(F)F)cnc12. The second-order valence-electron chi connectivity index (χ2n) is 8.03. The van der Waals surface area contributed by atoms with Crippen molar-refractivity contribution >= 4 is 16.8 Å². The molecule has 1 aliphatic rings. The van der Waals surface area contributed by atoms with Gasteiger partial charge in [0.25, 0.3) is 5.91 Å². The molecule has 1 heterocycles. The number of aromatic nitrogens is 1. The number of halogens is 3. The molecule has 1 unspecified atom stereocenters. The summed E-state index contributed by atoms with van der Waals surface area (Å²) in [5.74, 6) is -0.273. The Labute approximate surface area is 157 Å². The molecule has 1 amide bonds. The Morgan fingerprint density at radius 3 is 2.63 bits per heavy atom. The van der Waals surface area contributed by atoms with Crippen LogP contribution in [0.4, 0.5) is 13.2 Å². The largest absolute Gasteiger partial charge is 0.391 e. The number of hydrogen-bond donors (Lipinski definition) is 1. The highest BCUT2D eigenvalue weighted by Gasteiger charge is 2.42. The fraction of sp³-hybridized carbons (Fsp3) is 0.524. The lowest BCUT2D eigenvalue weighted by molar-refractivity contribution is -0.149. The van der Waals surface area contributed by atoms with Crippen LogP contribution < -0.4 is 5.32 Å². The molecule has 3 nitrogen and oxygen atoms in total. The van der Waals surface area contributed by atoms with Gasteiger partial charge >= 0.3 is 6.18 Å². The van der Waals surface area contributed by atoms with Crippen molar-refractivity contribution < 1.29 is 18.0 Å². The van der Waals surface area contributed by atoms with Crippen LogP contribution in [-0.4, -0.2) is 22.6 Å². The first-order chi connectivity index (χ1) is 12.7. The number of carbonyl (C=O) groups is 1. The van der Waals surface area contributed by atoms with Crippen molar-refractivity contribution in [3.8, 4) is 0 Å². The summed E-state index contributed by atoms with van der Waals surface area (Å²) in [4.78, 5) is 17.1. The molecule has 1 atom stereocenters. The van der Waals surface area contributed by atoms with Gasteiger partial charge in [-0.25, -0.2) is 0 Å². The summed E-state index contributed by atoms with van der Waals surface area (Å²) in [6.45, 7) is 3.44. The minimum atomic E-state index is -4.33. The fourth-order valence-corrected chi connectivity index (χ4v) is 4.25. The number of amides is 1. The Bertz CT molecular complexity index is 828. The standard InChI is InChI=1S/C21H25F3N2O/c1-14-6-5-9-16-10-17(12-25-18(14)16)19(27)26-20(2,13-21(22,23)24)11-15-7-3-4-8-15/h5-6,9-10,12,15H,3-4,7-8,11,13H2,1-2H3,(H,26,27). The third-order valence-electron chi connectivity index (χ3n) is 5.39. The highest BCUT2D eigenvalue weighted by atomic mass is 19.4. The van der Waals surface area contributed by atoms with Gasteiger partial charge in [-0.15, -0.1) is 0 Å². The highest BCUT2D eigenvalue weighted by Crippen LogP contribution is 2.37. The van der Waals surface area contributed by atoms with Crippen LogP contribution in [0.5, 0.6) is 0 Å². The van der Waals surface area contributed by atoms with Crippen molar-refractivity contribution in [1.29, 1.82) is 0 Å². The lowest BCUT2D eigenvalue weighted by Gasteiger charge is -2.34. The summed E-state index contributed by atoms with van der Waals surface area (Å²) < 4.78 is 39.5. The Morgan fingerprint density at radius 2 is 1.96 bits per heavy atom. The summed E-state index contributed by atoms with van der Waals surface area (Å²) in [7, 11) is 0. The van der Waals surface area contributed by atoms with Gasteiger partial charge in [0, 0.05) is 17.1 Å². The van der Waals surface area contributed by atoms with Gasteiger partial charge in [0.15, 0.2) is 0 Å². The Kier molecular flexibility index (Phi) is 5.45. The van der Waals surface area contributed by atoms with E-state index >= 15 is 0 Å². The number of aryl methyl sites for hydroxylation is 1. The molecule has 1 aliphatic carbocycles. The van der Waals surface area contributed by atoms with E-state index in [0.717, 1.165) is 42.1 Å². The predicted octanol–water partition coefficient (Wildman–Crippen LogP) is 5.56. The van der Waals surface area contributed by atoms with Crippen LogP contribution in [0.2, 0.25) is 0 Å². The lowest BCUT2D eigenvalue weighted by atomic mass is 9.84. The maximum absolute atomic E-state index is 13.2. The number of carbonyl (C=O) groups excluding carboxylic acids is 1. The first kappa shape index (κ1) is 19.6. The van der Waals surface area contributed by atoms with E-state index in [1.165, 1.54) is 13.1 Å². The zero-order valence-electron chi connectivity index (χ0n) is 15.7. The van der Waals surface area contributed by atoms with Crippen LogP contribution in [0.25, 0.3) is 10.9 Å². The van der Waals surface area contributed by atoms with Gasteiger partial charge in [0.1, 0.15) is 0 Å². The molecule has 27 heavy (non-hydrogen) atoms. The molecule has 1 fully saturated rings. The Balaban J connectivity index is 1.82. The van der Waals surface area contributed by atoms with Gasteiger partial charge in [0.05, 0.1) is 17.5 Å². The minimum absolute atomic E-state index is 0.232. The molecule has 1 N–H and O–H groups in total. The number of para-hydroxylation sites is 1. The van der Waals surface area contributed by atoms with Crippen molar-refractivity contribution in [2.24, 2.45) is 5.92 Å². The summed E-state index contributed by atoms with van der Waals surface area (Å²) >= 11 is 0. The predicted molar refractivity (Wildman–Crippen MR) is 99.6 cm³/mol. The summed E-state index contributed by atoms with van der Waals surface area (Å²) in [6, 6.07) is 7.33. The molecule has 0 spiro atoms. The van der Waals surface area contributed by atoms with E-state index in [-0.39, 0.29) is 11.5 Å². The van der Waals surface area contributed by atoms with E-state index in [1.54, 1.807) is 6.07 Å². The van der Waals surface area contributed by atoms with Crippen molar-refractivity contribution in [2.45, 2.75) is 64.1 Å². The van der Waals surface area contributed by atoms with E-state index in [1.807, 2.05) is 25.1 Å². The third kappa shape index (κ3) is 4.99. The molecule has 3 rings (SSSR count). The van der Waals surface area contributed by atoms with Gasteiger partial charge in [-0.05, 0) is 37.8 Å². The minimum Gasteiger partial charge on any atom is -0.346 e. The lowest BCUT2D eigenvalue weighted by Crippen LogP contribution is -2.49. The van der Waals surface area contributed by atoms with Crippen LogP contribution in [0.15, 0.2) is 30.5 Å². The van der Waals surface area contributed by atoms with E-state index in [9.17, 15) is 18.0 Å². The molecule has 0 saturated heterocycles. The zero-order chi connectivity index (χ0) is 19.7. The molecular weight excluding hydrogens is 353 g/mol. The van der Waals surface area contributed by atoms with Crippen LogP contribution >= 0.6 is 0 Å². The van der Waals surface area contributed by atoms with Crippen LogP contribution in [-0.2, 0) is 0 Å². The monoisotopic (exact) mass is 378 g/mol. The number of fused-ring (bicyclic) bond motifs is 1. The zero-order valence-corrected chi connectivity index (χ0v) is 15.7. The normalized spacial score (nSPS) is 17.8. The van der Waals surface area contributed by atoms with E-state index in [0.29, 0.717) is 6.42 Å². The Morgan fingerprint density at radius 1 is 1.26 bits per heavy atom. The second kappa shape index (κ2) is 7.49. The molecule has 2 aromatic rings. The first-order valence-electron chi connectivity index (χ1n) is 9.40. The molecule has 1 saturated carbocycles. The number of nitrogens with zero attached hydrogens (tertiary/aromatic N) is 1. The fourth-order valence-electron chi connectivity index (χ4n) is 4.25. The van der Waals surface area contributed by atoms with Gasteiger partial charge in [0.2, 0.25) is 0 Å². The average Bonchev–Trinajstić information content (AvgIpc) is 3.05. The molecule has 1 aromatic carbocycles. The molecule has 6 heteroatoms. The number of hydrogen-bond acceptors (Lipinski definition) is 2. The summed E-state index contributed by atoms with van der Waals surface area (Å²) in [5.41, 5.74) is 0.750. The number of alkyl halides is 3. The van der Waals surface area contributed by atoms with Gasteiger partial charge in [-0.1, -0.05) is 43.9 Å². The third-order valence-corrected chi connectivity index (χ3v) is 5.39. The van der Waals surface area contributed by atoms with Crippen LogP contribution in [0, 0.1) is 12.8 Å². The van der Waals surface area contributed by atoms with E-state index in [4.69, 9.17) is 0 Å². The highest BCUT2D eigenvalue weighted by molar-refractivity contribution is 5.98. The maximum atomic E-state index is 13.2. The molecule has 0 bridgehead atoms. The topological polar surface area (TPSA) is 42.0 Å². The maximum Gasteiger partial charge on any atom is 0.391 e. The van der Waals surface area contributed by atoms with Gasteiger partial charge in [-0.3, -0.25) is 9.78 Å². The molecule has 0 radical (unpaired) electrons. The van der Waals surface area contributed by atoms with E-state index in [2.05, 4.69) is 10.3 Å². The number of rotatable bonds is 5. The van der Waals surface area contributed by atoms with Crippen LogP contribution in [0.3, 0.4) is 0 Å². The number of nitrogens with one attached hydrogen (secondary N) is 1. The quantitative estimate of drug-likeness (QED) is 0.740. The van der Waals surface area contributed by atoms with Gasteiger partial charge < -0.3 is 5.32 Å². The average molecular weight is 378 g/mol. The summed E-state index contributed by atoms with van der Waals surface area (Å²) in [5, 5.41) is 3.48. The smallest absolute Gasteiger partial charge is 0.346 e. The molecule has 0 aliphatic heterocycles. The van der Waals surface area contributed by atoms with Gasteiger partial charge in [-0.2, -0.15) is 13.2 Å². The van der Waals surface area contributed by atoms with Crippen molar-refractivity contribution in [2.75, 3.05) is 0 Å². The van der Waals surface area contributed by atoms with E-state index < -0.39 is 24.0 Å². The summed E-state index contributed by atoms with van der Waals surface area (Å²) in [6.07, 6.45) is 0.387. The van der Waals surface area contributed by atoms with Crippen LogP contribution in [0.1, 0.15) is 61.4 Å². The molecule has 1 aromatic heterocycles.